The Morgan fingerprint density at radius 2 is 2.00 bits per heavy atom. The van der Waals surface area contributed by atoms with Gasteiger partial charge in [0.2, 0.25) is 5.91 Å². The Kier molecular flexibility index (Phi) is 6.85. The zero-order valence-corrected chi connectivity index (χ0v) is 15.6. The number of nitrogens with zero attached hydrogens (tertiary/aromatic N) is 1. The van der Waals surface area contributed by atoms with Gasteiger partial charge in [0.1, 0.15) is 0 Å². The summed E-state index contributed by atoms with van der Waals surface area (Å²) in [5.74, 6) is 0.107. The molecule has 6 heteroatoms. The van der Waals surface area contributed by atoms with E-state index in [1.807, 2.05) is 42.2 Å². The minimum Gasteiger partial charge on any atom is -0.352 e. The maximum atomic E-state index is 12.8. The van der Waals surface area contributed by atoms with Crippen LogP contribution in [0, 0.1) is 5.41 Å². The Morgan fingerprint density at radius 3 is 2.68 bits per heavy atom. The van der Waals surface area contributed by atoms with Gasteiger partial charge < -0.3 is 15.5 Å². The first-order chi connectivity index (χ1) is 11.6. The molecule has 2 unspecified atom stereocenters. The van der Waals surface area contributed by atoms with Crippen molar-refractivity contribution in [3.8, 4) is 0 Å². The molecule has 5 nitrogen and oxygen atoms in total. The summed E-state index contributed by atoms with van der Waals surface area (Å²) in [5.41, 5.74) is 0.193. The van der Waals surface area contributed by atoms with Gasteiger partial charge in [-0.3, -0.25) is 9.59 Å². The molecule has 2 heterocycles. The molecule has 0 aliphatic carbocycles. The number of likely N-dealkylation sites (tertiary alicyclic amines) is 1. The Morgan fingerprint density at radius 1 is 1.24 bits per heavy atom. The van der Waals surface area contributed by atoms with E-state index >= 15 is 0 Å². The van der Waals surface area contributed by atoms with Gasteiger partial charge in [0.05, 0.1) is 5.41 Å². The molecule has 3 rings (SSSR count). The van der Waals surface area contributed by atoms with E-state index in [0.29, 0.717) is 12.1 Å². The molecule has 1 aromatic rings. The smallest absolute Gasteiger partial charge is 0.253 e. The average Bonchev–Trinajstić information content (AvgIpc) is 2.63. The van der Waals surface area contributed by atoms with Crippen LogP contribution in [0.5, 0.6) is 0 Å². The SMILES string of the molecule is CC1(C(=O)NC2CCCNC2)CCCN(C(=O)c2ccccc2)C1.Cl. The van der Waals surface area contributed by atoms with Crippen LogP contribution in [0.4, 0.5) is 0 Å². The van der Waals surface area contributed by atoms with Crippen molar-refractivity contribution >= 4 is 24.2 Å². The van der Waals surface area contributed by atoms with Gasteiger partial charge in [0.15, 0.2) is 0 Å². The summed E-state index contributed by atoms with van der Waals surface area (Å²) in [6.45, 7) is 5.08. The number of nitrogens with one attached hydrogen (secondary N) is 2. The van der Waals surface area contributed by atoms with Gasteiger partial charge in [-0.25, -0.2) is 0 Å². The first kappa shape index (κ1) is 19.7. The number of benzene rings is 1. The maximum Gasteiger partial charge on any atom is 0.253 e. The van der Waals surface area contributed by atoms with E-state index < -0.39 is 5.41 Å². The van der Waals surface area contributed by atoms with Gasteiger partial charge >= 0.3 is 0 Å². The summed E-state index contributed by atoms with van der Waals surface area (Å²) in [6, 6.07) is 9.54. The van der Waals surface area contributed by atoms with E-state index in [1.165, 1.54) is 0 Å². The quantitative estimate of drug-likeness (QED) is 0.863. The first-order valence-corrected chi connectivity index (χ1v) is 8.94. The molecular formula is C19H28ClN3O2. The lowest BCUT2D eigenvalue weighted by Crippen LogP contribution is -2.55. The van der Waals surface area contributed by atoms with E-state index in [1.54, 1.807) is 0 Å². The van der Waals surface area contributed by atoms with E-state index in [-0.39, 0.29) is 30.3 Å². The lowest BCUT2D eigenvalue weighted by atomic mass is 9.80. The number of rotatable bonds is 3. The zero-order chi connectivity index (χ0) is 17.0. The van der Waals surface area contributed by atoms with Gasteiger partial charge in [0.25, 0.3) is 5.91 Å². The predicted molar refractivity (Wildman–Crippen MR) is 101 cm³/mol. The van der Waals surface area contributed by atoms with Crippen LogP contribution < -0.4 is 10.6 Å². The van der Waals surface area contributed by atoms with Gasteiger partial charge in [-0.05, 0) is 51.3 Å². The first-order valence-electron chi connectivity index (χ1n) is 8.94. The van der Waals surface area contributed by atoms with Crippen molar-refractivity contribution in [2.75, 3.05) is 26.2 Å². The second kappa shape index (κ2) is 8.68. The highest BCUT2D eigenvalue weighted by molar-refractivity contribution is 5.95. The Hall–Kier alpha value is -1.59. The summed E-state index contributed by atoms with van der Waals surface area (Å²) in [4.78, 5) is 27.3. The second-order valence-corrected chi connectivity index (χ2v) is 7.27. The lowest BCUT2D eigenvalue weighted by Gasteiger charge is -2.40. The molecular weight excluding hydrogens is 338 g/mol. The minimum atomic E-state index is -0.500. The molecule has 0 bridgehead atoms. The van der Waals surface area contributed by atoms with Crippen LogP contribution in [0.3, 0.4) is 0 Å². The Labute approximate surface area is 155 Å². The number of carbonyl (C=O) groups excluding carboxylic acids is 2. The fourth-order valence-corrected chi connectivity index (χ4v) is 3.70. The third kappa shape index (κ3) is 4.73. The summed E-state index contributed by atoms with van der Waals surface area (Å²) in [5, 5.41) is 6.51. The third-order valence-corrected chi connectivity index (χ3v) is 5.18. The standard InChI is InChI=1S/C19H27N3O2.ClH/c1-19(18(24)21-16-9-5-11-20-13-16)10-6-12-22(14-19)17(23)15-7-3-2-4-8-15;/h2-4,7-8,16,20H,5-6,9-14H2,1H3,(H,21,24);1H. The number of amides is 2. The average molecular weight is 366 g/mol. The Bertz CT molecular complexity index is 590. The molecule has 2 atom stereocenters. The van der Waals surface area contributed by atoms with Gasteiger partial charge in [0, 0.05) is 31.2 Å². The lowest BCUT2D eigenvalue weighted by molar-refractivity contribution is -0.133. The molecule has 0 saturated carbocycles. The molecule has 138 valence electrons. The number of hydrogen-bond acceptors (Lipinski definition) is 3. The van der Waals surface area contributed by atoms with Crippen LogP contribution in [0.1, 0.15) is 43.0 Å². The molecule has 25 heavy (non-hydrogen) atoms. The van der Waals surface area contributed by atoms with Gasteiger partial charge in [-0.15, -0.1) is 12.4 Å². The minimum absolute atomic E-state index is 0. The molecule has 2 aliphatic rings. The molecule has 1 aromatic carbocycles. The van der Waals surface area contributed by atoms with Crippen molar-refractivity contribution in [3.63, 3.8) is 0 Å². The van der Waals surface area contributed by atoms with E-state index in [0.717, 1.165) is 45.3 Å². The monoisotopic (exact) mass is 365 g/mol. The summed E-state index contributed by atoms with van der Waals surface area (Å²) in [6.07, 6.45) is 3.82. The normalized spacial score (nSPS) is 26.4. The van der Waals surface area contributed by atoms with Crippen LogP contribution in [-0.2, 0) is 4.79 Å². The van der Waals surface area contributed by atoms with Crippen molar-refractivity contribution < 1.29 is 9.59 Å². The largest absolute Gasteiger partial charge is 0.352 e. The van der Waals surface area contributed by atoms with Crippen molar-refractivity contribution in [2.24, 2.45) is 5.41 Å². The fourth-order valence-electron chi connectivity index (χ4n) is 3.70. The molecule has 0 spiro atoms. The molecule has 2 aliphatic heterocycles. The second-order valence-electron chi connectivity index (χ2n) is 7.27. The van der Waals surface area contributed by atoms with Crippen LogP contribution in [0.15, 0.2) is 30.3 Å². The highest BCUT2D eigenvalue weighted by Gasteiger charge is 2.40. The van der Waals surface area contributed by atoms with Crippen LogP contribution in [-0.4, -0.2) is 48.9 Å². The van der Waals surface area contributed by atoms with Crippen LogP contribution >= 0.6 is 12.4 Å². The van der Waals surface area contributed by atoms with Crippen molar-refractivity contribution in [2.45, 2.75) is 38.6 Å². The van der Waals surface area contributed by atoms with Crippen molar-refractivity contribution in [1.29, 1.82) is 0 Å². The maximum absolute atomic E-state index is 12.8. The summed E-state index contributed by atoms with van der Waals surface area (Å²) in [7, 11) is 0. The molecule has 2 amide bonds. The number of hydrogen-bond donors (Lipinski definition) is 2. The summed E-state index contributed by atoms with van der Waals surface area (Å²) < 4.78 is 0. The highest BCUT2D eigenvalue weighted by Crippen LogP contribution is 2.31. The van der Waals surface area contributed by atoms with Crippen LogP contribution in [0.2, 0.25) is 0 Å². The van der Waals surface area contributed by atoms with E-state index in [9.17, 15) is 9.59 Å². The third-order valence-electron chi connectivity index (χ3n) is 5.18. The molecule has 2 N–H and O–H groups in total. The Balaban J connectivity index is 0.00000225. The topological polar surface area (TPSA) is 61.4 Å². The predicted octanol–water partition coefficient (Wildman–Crippen LogP) is 2.22. The summed E-state index contributed by atoms with van der Waals surface area (Å²) >= 11 is 0. The molecule has 2 fully saturated rings. The zero-order valence-electron chi connectivity index (χ0n) is 14.8. The molecule has 0 aromatic heterocycles. The van der Waals surface area contributed by atoms with Gasteiger partial charge in [-0.1, -0.05) is 18.2 Å². The number of halogens is 1. The van der Waals surface area contributed by atoms with Gasteiger partial charge in [-0.2, -0.15) is 0 Å². The molecule has 2 saturated heterocycles. The van der Waals surface area contributed by atoms with Crippen LogP contribution in [0.25, 0.3) is 0 Å². The van der Waals surface area contributed by atoms with Crippen molar-refractivity contribution in [1.82, 2.24) is 15.5 Å². The van der Waals surface area contributed by atoms with E-state index in [4.69, 9.17) is 0 Å². The molecule has 0 radical (unpaired) electrons. The number of carbonyl (C=O) groups is 2. The highest BCUT2D eigenvalue weighted by atomic mass is 35.5. The van der Waals surface area contributed by atoms with E-state index in [2.05, 4.69) is 10.6 Å². The number of piperidine rings is 2. The fraction of sp³-hybridized carbons (Fsp3) is 0.579. The van der Waals surface area contributed by atoms with Crippen molar-refractivity contribution in [3.05, 3.63) is 35.9 Å².